The summed E-state index contributed by atoms with van der Waals surface area (Å²) in [7, 11) is 1.23. The van der Waals surface area contributed by atoms with Crippen molar-refractivity contribution in [1.29, 1.82) is 0 Å². The number of rotatable bonds is 6. The van der Waals surface area contributed by atoms with E-state index in [4.69, 9.17) is 32.7 Å². The molecule has 0 aliphatic heterocycles. The maximum Gasteiger partial charge on any atom is 0.328 e. The molecule has 1 aromatic rings. The molecule has 1 fully saturated rings. The van der Waals surface area contributed by atoms with Gasteiger partial charge in [-0.05, 0) is 12.0 Å². The second-order valence-electron chi connectivity index (χ2n) is 6.64. The number of ether oxygens (including phenoxy) is 2. The second kappa shape index (κ2) is 10.1. The summed E-state index contributed by atoms with van der Waals surface area (Å²) in [4.78, 5) is 36.5. The van der Waals surface area contributed by atoms with Gasteiger partial charge in [0.05, 0.1) is 29.9 Å². The summed E-state index contributed by atoms with van der Waals surface area (Å²) in [5.41, 5.74) is 0.833. The molecule has 1 aliphatic carbocycles. The maximum absolute atomic E-state index is 12.9. The number of esters is 2. The van der Waals surface area contributed by atoms with E-state index in [1.807, 2.05) is 30.3 Å². The molecule has 1 aliphatic rings. The topological polar surface area (TPSA) is 102 Å². The monoisotopic (exact) mass is 431 g/mol. The number of nitrogens with one attached hydrogen (secondary N) is 1. The van der Waals surface area contributed by atoms with Crippen LogP contribution in [-0.2, 0) is 30.3 Å². The maximum atomic E-state index is 12.9. The van der Waals surface area contributed by atoms with Gasteiger partial charge in [0.2, 0.25) is 5.91 Å². The van der Waals surface area contributed by atoms with Crippen molar-refractivity contribution in [3.8, 4) is 0 Å². The highest BCUT2D eigenvalue weighted by atomic mass is 35.5. The van der Waals surface area contributed by atoms with Crippen LogP contribution in [0.5, 0.6) is 0 Å². The third-order valence-corrected chi connectivity index (χ3v) is 5.55. The van der Waals surface area contributed by atoms with Gasteiger partial charge in [0.15, 0.2) is 0 Å². The van der Waals surface area contributed by atoms with E-state index < -0.39 is 52.8 Å². The van der Waals surface area contributed by atoms with Crippen molar-refractivity contribution in [1.82, 2.24) is 5.32 Å². The van der Waals surface area contributed by atoms with Gasteiger partial charge in [-0.1, -0.05) is 30.3 Å². The first-order chi connectivity index (χ1) is 13.2. The van der Waals surface area contributed by atoms with Gasteiger partial charge >= 0.3 is 11.9 Å². The summed E-state index contributed by atoms with van der Waals surface area (Å²) in [5.74, 6) is -2.72. The Morgan fingerprint density at radius 1 is 1.25 bits per heavy atom. The van der Waals surface area contributed by atoms with Crippen LogP contribution in [0.3, 0.4) is 0 Å². The molecule has 154 valence electrons. The van der Waals surface area contributed by atoms with E-state index in [1.165, 1.54) is 14.0 Å². The number of aliphatic hydroxyl groups is 1. The van der Waals surface area contributed by atoms with Crippen LogP contribution in [0, 0.1) is 5.92 Å². The first-order valence-electron chi connectivity index (χ1n) is 8.80. The Balaban J connectivity index is 2.19. The van der Waals surface area contributed by atoms with E-state index in [9.17, 15) is 19.5 Å². The minimum Gasteiger partial charge on any atom is -0.467 e. The van der Waals surface area contributed by atoms with Crippen LogP contribution in [0.1, 0.15) is 18.9 Å². The Hall–Kier alpha value is -1.83. The van der Waals surface area contributed by atoms with Crippen LogP contribution in [-0.4, -0.2) is 59.1 Å². The lowest BCUT2D eigenvalue weighted by atomic mass is 9.83. The van der Waals surface area contributed by atoms with E-state index in [1.54, 1.807) is 0 Å². The first-order valence-corrected chi connectivity index (χ1v) is 9.67. The van der Waals surface area contributed by atoms with Crippen LogP contribution in [0.15, 0.2) is 30.3 Å². The van der Waals surface area contributed by atoms with Gasteiger partial charge in [-0.3, -0.25) is 9.59 Å². The van der Waals surface area contributed by atoms with Crippen LogP contribution in [0.2, 0.25) is 0 Å². The normalized spacial score (nSPS) is 28.1. The number of carbonyl (C=O) groups is 3. The van der Waals surface area contributed by atoms with Crippen molar-refractivity contribution in [3.63, 3.8) is 0 Å². The van der Waals surface area contributed by atoms with Gasteiger partial charge < -0.3 is 19.9 Å². The molecule has 0 spiro atoms. The molecule has 5 unspecified atom stereocenters. The number of carbonyl (C=O) groups excluding carboxylic acids is 3. The molecule has 1 amide bonds. The van der Waals surface area contributed by atoms with Gasteiger partial charge in [-0.15, -0.1) is 23.2 Å². The number of amides is 1. The number of aliphatic hydroxyl groups excluding tert-OH is 1. The molecular formula is C19H23Cl2NO6. The Morgan fingerprint density at radius 2 is 1.89 bits per heavy atom. The molecule has 0 aromatic heterocycles. The molecule has 0 saturated heterocycles. The minimum absolute atomic E-state index is 0.0367. The fourth-order valence-electron chi connectivity index (χ4n) is 3.19. The number of hydrogen-bond donors (Lipinski definition) is 2. The average Bonchev–Trinajstić information content (AvgIpc) is 2.67. The molecule has 1 aromatic carbocycles. The molecule has 7 nitrogen and oxygen atoms in total. The Bertz CT molecular complexity index is 701. The van der Waals surface area contributed by atoms with Crippen molar-refractivity contribution in [2.75, 3.05) is 7.11 Å². The summed E-state index contributed by atoms with van der Waals surface area (Å²) >= 11 is 12.3. The summed E-state index contributed by atoms with van der Waals surface area (Å²) < 4.78 is 9.97. The first kappa shape index (κ1) is 22.5. The average molecular weight is 432 g/mol. The third-order valence-electron chi connectivity index (χ3n) is 4.61. The summed E-state index contributed by atoms with van der Waals surface area (Å²) in [6, 6.07) is 8.19. The van der Waals surface area contributed by atoms with Crippen molar-refractivity contribution >= 4 is 41.0 Å². The van der Waals surface area contributed by atoms with E-state index in [-0.39, 0.29) is 12.8 Å². The Labute approximate surface area is 173 Å². The molecule has 2 rings (SSSR count). The number of alkyl halides is 2. The smallest absolute Gasteiger partial charge is 0.328 e. The molecule has 28 heavy (non-hydrogen) atoms. The molecule has 0 bridgehead atoms. The number of halogens is 2. The highest BCUT2D eigenvalue weighted by Crippen LogP contribution is 2.34. The molecule has 0 radical (unpaired) electrons. The van der Waals surface area contributed by atoms with Crippen LogP contribution < -0.4 is 5.32 Å². The van der Waals surface area contributed by atoms with Crippen molar-refractivity contribution in [2.45, 2.75) is 48.8 Å². The number of methoxy groups -OCH3 is 1. The Morgan fingerprint density at radius 3 is 2.46 bits per heavy atom. The fourth-order valence-corrected chi connectivity index (χ4v) is 4.02. The molecule has 0 heterocycles. The van der Waals surface area contributed by atoms with Gasteiger partial charge in [0.25, 0.3) is 0 Å². The molecule has 6 atom stereocenters. The zero-order valence-corrected chi connectivity index (χ0v) is 17.0. The largest absolute Gasteiger partial charge is 0.467 e. The van der Waals surface area contributed by atoms with Crippen LogP contribution >= 0.6 is 23.2 Å². The summed E-state index contributed by atoms with van der Waals surface area (Å²) in [5, 5.41) is 10.9. The number of benzene rings is 1. The quantitative estimate of drug-likeness (QED) is 0.521. The van der Waals surface area contributed by atoms with E-state index >= 15 is 0 Å². The predicted octanol–water partition coefficient (Wildman–Crippen LogP) is 1.41. The Kier molecular flexibility index (Phi) is 8.10. The number of hydrogen-bond acceptors (Lipinski definition) is 6. The zero-order chi connectivity index (χ0) is 20.8. The standard InChI is InChI=1S/C19H23Cl2NO6/c1-10(23)28-17-12(9-13(20)16(24)15(17)21)18(25)22-14(19(26)27-2)8-11-6-4-3-5-7-11/h3-7,12-17,24H,8-9H2,1-2H3,(H,22,25)/t12?,13?,14-,15?,16?,17?/m1/s1. The van der Waals surface area contributed by atoms with Gasteiger partial charge in [-0.25, -0.2) is 4.79 Å². The lowest BCUT2D eigenvalue weighted by Gasteiger charge is -2.39. The highest BCUT2D eigenvalue weighted by molar-refractivity contribution is 6.25. The molecule has 9 heteroatoms. The second-order valence-corrected chi connectivity index (χ2v) is 7.71. The third kappa shape index (κ3) is 5.59. The van der Waals surface area contributed by atoms with E-state index in [0.717, 1.165) is 5.56 Å². The molecular weight excluding hydrogens is 409 g/mol. The van der Waals surface area contributed by atoms with Gasteiger partial charge in [0.1, 0.15) is 12.1 Å². The van der Waals surface area contributed by atoms with Crippen molar-refractivity contribution in [3.05, 3.63) is 35.9 Å². The van der Waals surface area contributed by atoms with Crippen LogP contribution in [0.25, 0.3) is 0 Å². The molecule has 2 N–H and O–H groups in total. The summed E-state index contributed by atoms with van der Waals surface area (Å²) in [6.07, 6.45) is -1.95. The zero-order valence-electron chi connectivity index (χ0n) is 15.5. The summed E-state index contributed by atoms with van der Waals surface area (Å²) in [6.45, 7) is 1.18. The SMILES string of the molecule is COC(=O)[C@@H](Cc1ccccc1)NC(=O)C1CC(Cl)C(O)C(Cl)C1OC(C)=O. The lowest BCUT2D eigenvalue weighted by Crippen LogP contribution is -2.57. The molecule has 1 saturated carbocycles. The fraction of sp³-hybridized carbons (Fsp3) is 0.526. The van der Waals surface area contributed by atoms with Crippen LogP contribution in [0.4, 0.5) is 0 Å². The lowest BCUT2D eigenvalue weighted by molar-refractivity contribution is -0.157. The van der Waals surface area contributed by atoms with Crippen molar-refractivity contribution < 1.29 is 29.0 Å². The van der Waals surface area contributed by atoms with Crippen molar-refractivity contribution in [2.24, 2.45) is 5.92 Å². The van der Waals surface area contributed by atoms with E-state index in [2.05, 4.69) is 5.32 Å². The predicted molar refractivity (Wildman–Crippen MR) is 103 cm³/mol. The minimum atomic E-state index is -1.14. The van der Waals surface area contributed by atoms with Gasteiger partial charge in [-0.2, -0.15) is 0 Å². The van der Waals surface area contributed by atoms with Gasteiger partial charge in [0, 0.05) is 13.3 Å². The van der Waals surface area contributed by atoms with E-state index in [0.29, 0.717) is 0 Å². The highest BCUT2D eigenvalue weighted by Gasteiger charge is 2.48.